The van der Waals surface area contributed by atoms with Gasteiger partial charge in [-0.15, -0.1) is 0 Å². The summed E-state index contributed by atoms with van der Waals surface area (Å²) in [6.45, 7) is 0.183. The molecule has 3 aromatic rings. The summed E-state index contributed by atoms with van der Waals surface area (Å²) in [7, 11) is 0. The Morgan fingerprint density at radius 1 is 1.00 bits per heavy atom. The quantitative estimate of drug-likeness (QED) is 0.318. The smallest absolute Gasteiger partial charge is 0.269 e. The molecule has 0 saturated heterocycles. The zero-order valence-corrected chi connectivity index (χ0v) is 14.8. The summed E-state index contributed by atoms with van der Waals surface area (Å²) in [5.74, 6) is 0.211. The Balaban J connectivity index is 1.60. The molecule has 0 aliphatic rings. The largest absolute Gasteiger partial charge is 0.488 e. The van der Waals surface area contributed by atoms with Gasteiger partial charge in [0.15, 0.2) is 0 Å². The van der Waals surface area contributed by atoms with Crippen LogP contribution in [0.2, 0.25) is 0 Å². The monoisotopic (exact) mass is 380 g/mol. The average Bonchev–Trinajstić information content (AvgIpc) is 2.71. The van der Waals surface area contributed by atoms with Crippen molar-refractivity contribution in [2.45, 2.75) is 13.2 Å². The van der Waals surface area contributed by atoms with Crippen LogP contribution in [0.3, 0.4) is 0 Å². The lowest BCUT2D eigenvalue weighted by Gasteiger charge is -2.09. The normalized spacial score (nSPS) is 10.8. The number of benzene rings is 3. The standard InChI is InChI=1S/C21H17FN2O4/c22-20-10-3-1-8-18(20)15-27-21-11-4-2-7-17(21)13-23-28-14-16-6-5-9-19(12-16)24(25)26/h1-13H,14-15H2/b23-13-. The van der Waals surface area contributed by atoms with Gasteiger partial charge in [-0.3, -0.25) is 10.1 Å². The van der Waals surface area contributed by atoms with Crippen LogP contribution in [0.4, 0.5) is 10.1 Å². The van der Waals surface area contributed by atoms with Crippen LogP contribution in [0.5, 0.6) is 5.75 Å². The third-order valence-corrected chi connectivity index (χ3v) is 3.88. The van der Waals surface area contributed by atoms with Crippen molar-refractivity contribution < 1.29 is 18.9 Å². The van der Waals surface area contributed by atoms with E-state index >= 15 is 0 Å². The minimum absolute atomic E-state index is 0.00281. The molecule has 0 saturated carbocycles. The molecule has 3 aromatic carbocycles. The molecule has 0 fully saturated rings. The first-order valence-corrected chi connectivity index (χ1v) is 8.47. The fraction of sp³-hybridized carbons (Fsp3) is 0.0952. The van der Waals surface area contributed by atoms with Crippen molar-refractivity contribution in [2.24, 2.45) is 5.16 Å². The second-order valence-corrected chi connectivity index (χ2v) is 5.85. The molecule has 142 valence electrons. The number of halogens is 1. The molecule has 0 aliphatic carbocycles. The van der Waals surface area contributed by atoms with E-state index < -0.39 is 4.92 Å². The van der Waals surface area contributed by atoms with Crippen LogP contribution in [0.15, 0.2) is 78.0 Å². The lowest BCUT2D eigenvalue weighted by atomic mass is 10.2. The van der Waals surface area contributed by atoms with Crippen LogP contribution in [-0.2, 0) is 18.1 Å². The lowest BCUT2D eigenvalue weighted by Crippen LogP contribution is -2.00. The third kappa shape index (κ3) is 5.14. The number of rotatable bonds is 8. The summed E-state index contributed by atoms with van der Waals surface area (Å²) in [5.41, 5.74) is 1.75. The Morgan fingerprint density at radius 3 is 2.61 bits per heavy atom. The molecular formula is C21H17FN2O4. The van der Waals surface area contributed by atoms with E-state index in [1.54, 1.807) is 48.5 Å². The molecule has 7 heteroatoms. The van der Waals surface area contributed by atoms with Gasteiger partial charge in [-0.05, 0) is 23.8 Å². The summed E-state index contributed by atoms with van der Waals surface area (Å²) < 4.78 is 19.4. The minimum Gasteiger partial charge on any atom is -0.488 e. The van der Waals surface area contributed by atoms with Gasteiger partial charge in [-0.25, -0.2) is 4.39 Å². The van der Waals surface area contributed by atoms with Gasteiger partial charge < -0.3 is 9.57 Å². The van der Waals surface area contributed by atoms with Crippen molar-refractivity contribution >= 4 is 11.9 Å². The molecule has 0 N–H and O–H groups in total. The molecule has 0 radical (unpaired) electrons. The summed E-state index contributed by atoms with van der Waals surface area (Å²) in [6, 6.07) is 19.7. The van der Waals surface area contributed by atoms with Gasteiger partial charge in [0.05, 0.1) is 11.1 Å². The first-order chi connectivity index (χ1) is 13.6. The van der Waals surface area contributed by atoms with E-state index in [2.05, 4.69) is 5.16 Å². The summed E-state index contributed by atoms with van der Waals surface area (Å²) in [4.78, 5) is 15.6. The molecule has 6 nitrogen and oxygen atoms in total. The number of para-hydroxylation sites is 1. The molecule has 28 heavy (non-hydrogen) atoms. The van der Waals surface area contributed by atoms with E-state index in [-0.39, 0.29) is 24.7 Å². The topological polar surface area (TPSA) is 74.0 Å². The predicted molar refractivity (Wildman–Crippen MR) is 103 cm³/mol. The maximum atomic E-state index is 13.7. The number of nitro groups is 1. The van der Waals surface area contributed by atoms with Crippen molar-refractivity contribution in [1.29, 1.82) is 0 Å². The lowest BCUT2D eigenvalue weighted by molar-refractivity contribution is -0.384. The van der Waals surface area contributed by atoms with Gasteiger partial charge >= 0.3 is 0 Å². The second-order valence-electron chi connectivity index (χ2n) is 5.85. The molecule has 0 unspecified atom stereocenters. The number of non-ortho nitro benzene ring substituents is 1. The zero-order valence-electron chi connectivity index (χ0n) is 14.8. The Kier molecular flexibility index (Phi) is 6.30. The maximum absolute atomic E-state index is 13.7. The highest BCUT2D eigenvalue weighted by Crippen LogP contribution is 2.19. The van der Waals surface area contributed by atoms with E-state index in [0.717, 1.165) is 0 Å². The first kappa shape index (κ1) is 19.0. The zero-order chi connectivity index (χ0) is 19.8. The molecule has 0 heterocycles. The van der Waals surface area contributed by atoms with Crippen LogP contribution >= 0.6 is 0 Å². The highest BCUT2D eigenvalue weighted by Gasteiger charge is 2.06. The SMILES string of the molecule is O=[N+]([O-])c1cccc(CO/N=C\c2ccccc2OCc2ccccc2F)c1. The first-order valence-electron chi connectivity index (χ1n) is 8.47. The molecule has 0 aromatic heterocycles. The van der Waals surface area contributed by atoms with Gasteiger partial charge in [0.1, 0.15) is 24.8 Å². The molecule has 0 spiro atoms. The fourth-order valence-corrected chi connectivity index (χ4v) is 2.46. The molecule has 0 aliphatic heterocycles. The molecule has 3 rings (SSSR count). The Morgan fingerprint density at radius 2 is 1.79 bits per heavy atom. The van der Waals surface area contributed by atoms with E-state index in [1.165, 1.54) is 24.4 Å². The van der Waals surface area contributed by atoms with Gasteiger partial charge in [-0.2, -0.15) is 0 Å². The van der Waals surface area contributed by atoms with Gasteiger partial charge in [0.2, 0.25) is 0 Å². The molecular weight excluding hydrogens is 363 g/mol. The van der Waals surface area contributed by atoms with Crippen molar-refractivity contribution in [1.82, 2.24) is 0 Å². The van der Waals surface area contributed by atoms with Crippen LogP contribution in [0.25, 0.3) is 0 Å². The van der Waals surface area contributed by atoms with E-state index in [4.69, 9.17) is 9.57 Å². The van der Waals surface area contributed by atoms with Crippen LogP contribution in [0.1, 0.15) is 16.7 Å². The van der Waals surface area contributed by atoms with E-state index in [9.17, 15) is 14.5 Å². The van der Waals surface area contributed by atoms with Crippen LogP contribution < -0.4 is 4.74 Å². The summed E-state index contributed by atoms with van der Waals surface area (Å²) in [5, 5.41) is 14.7. The molecule has 0 bridgehead atoms. The predicted octanol–water partition coefficient (Wildman–Crippen LogP) is 4.86. The summed E-state index contributed by atoms with van der Waals surface area (Å²) in [6.07, 6.45) is 1.48. The van der Waals surface area contributed by atoms with Crippen molar-refractivity contribution in [3.05, 3.63) is 105 Å². The number of nitro benzene ring substituents is 1. The minimum atomic E-state index is -0.462. The second kappa shape index (κ2) is 9.27. The Labute approximate surface area is 161 Å². The third-order valence-electron chi connectivity index (χ3n) is 3.88. The van der Waals surface area contributed by atoms with E-state index in [0.29, 0.717) is 22.4 Å². The van der Waals surface area contributed by atoms with Crippen molar-refractivity contribution in [3.8, 4) is 5.75 Å². The number of oxime groups is 1. The maximum Gasteiger partial charge on any atom is 0.269 e. The van der Waals surface area contributed by atoms with Gasteiger partial charge in [-0.1, -0.05) is 47.6 Å². The van der Waals surface area contributed by atoms with Gasteiger partial charge in [0.25, 0.3) is 5.69 Å². The highest BCUT2D eigenvalue weighted by molar-refractivity contribution is 5.83. The highest BCUT2D eigenvalue weighted by atomic mass is 19.1. The van der Waals surface area contributed by atoms with Crippen molar-refractivity contribution in [3.63, 3.8) is 0 Å². The van der Waals surface area contributed by atoms with Crippen LogP contribution in [0, 0.1) is 15.9 Å². The average molecular weight is 380 g/mol. The van der Waals surface area contributed by atoms with Crippen LogP contribution in [-0.4, -0.2) is 11.1 Å². The number of ether oxygens (including phenoxy) is 1. The van der Waals surface area contributed by atoms with E-state index in [1.807, 2.05) is 6.07 Å². The number of nitrogens with zero attached hydrogens (tertiary/aromatic N) is 2. The number of hydrogen-bond acceptors (Lipinski definition) is 5. The Hall–Kier alpha value is -3.74. The Bertz CT molecular complexity index is 991. The summed E-state index contributed by atoms with van der Waals surface area (Å²) >= 11 is 0. The van der Waals surface area contributed by atoms with Crippen molar-refractivity contribution in [2.75, 3.05) is 0 Å². The van der Waals surface area contributed by atoms with Gasteiger partial charge in [0, 0.05) is 23.3 Å². The number of hydrogen-bond donors (Lipinski definition) is 0. The molecule has 0 amide bonds. The fourth-order valence-electron chi connectivity index (χ4n) is 2.46. The molecule has 0 atom stereocenters.